The van der Waals surface area contributed by atoms with Gasteiger partial charge in [-0.25, -0.2) is 4.79 Å². The van der Waals surface area contributed by atoms with E-state index in [0.29, 0.717) is 16.8 Å². The molecule has 2 aromatic heterocycles. The fourth-order valence-electron chi connectivity index (χ4n) is 2.52. The third kappa shape index (κ3) is 2.66. The number of hydrogen-bond donors (Lipinski definition) is 0. The highest BCUT2D eigenvalue weighted by Gasteiger charge is 2.19. The van der Waals surface area contributed by atoms with Crippen molar-refractivity contribution in [2.24, 2.45) is 0 Å². The monoisotopic (exact) mass is 310 g/mol. The first-order valence-electron chi connectivity index (χ1n) is 7.14. The van der Waals surface area contributed by atoms with Crippen molar-refractivity contribution in [3.05, 3.63) is 70.4 Å². The van der Waals surface area contributed by atoms with Gasteiger partial charge in [0.1, 0.15) is 0 Å². The van der Waals surface area contributed by atoms with E-state index in [1.54, 1.807) is 25.1 Å². The lowest BCUT2D eigenvalue weighted by molar-refractivity contribution is -0.384. The number of nitro benzene ring substituents is 1. The van der Waals surface area contributed by atoms with Gasteiger partial charge in [-0.05, 0) is 42.8 Å². The second-order valence-electron chi connectivity index (χ2n) is 4.93. The maximum atomic E-state index is 12.2. The molecule has 3 rings (SSSR count). The first kappa shape index (κ1) is 14.8. The van der Waals surface area contributed by atoms with E-state index in [9.17, 15) is 14.9 Å². The number of aromatic nitrogens is 1. The lowest BCUT2D eigenvalue weighted by atomic mass is 10.1. The normalized spacial score (nSPS) is 10.7. The molecule has 116 valence electrons. The van der Waals surface area contributed by atoms with E-state index < -0.39 is 10.9 Å². The summed E-state index contributed by atoms with van der Waals surface area (Å²) < 4.78 is 6.99. The van der Waals surface area contributed by atoms with Gasteiger partial charge in [0.25, 0.3) is 5.69 Å². The van der Waals surface area contributed by atoms with Gasteiger partial charge in [-0.15, -0.1) is 0 Å². The van der Waals surface area contributed by atoms with Gasteiger partial charge in [-0.2, -0.15) is 0 Å². The molecule has 0 saturated carbocycles. The van der Waals surface area contributed by atoms with Crippen LogP contribution in [0.25, 0.3) is 16.8 Å². The topological polar surface area (TPSA) is 73.8 Å². The Bertz CT molecular complexity index is 881. The second-order valence-corrected chi connectivity index (χ2v) is 4.93. The Morgan fingerprint density at radius 2 is 1.96 bits per heavy atom. The minimum atomic E-state index is -0.452. The number of benzene rings is 1. The third-order valence-electron chi connectivity index (χ3n) is 3.53. The van der Waals surface area contributed by atoms with Crippen molar-refractivity contribution in [3.63, 3.8) is 0 Å². The molecule has 3 aromatic rings. The largest absolute Gasteiger partial charge is 0.462 e. The maximum absolute atomic E-state index is 12.2. The SMILES string of the molecule is CCOC(=O)c1cc2ccccn2c1-c1ccc([N+](=O)[O-])cc1. The standard InChI is InChI=1S/C17H14N2O4/c1-2-23-17(20)15-11-14-5-3-4-10-18(14)16(15)12-6-8-13(9-7-12)19(21)22/h3-11H,2H2,1H3. The highest BCUT2D eigenvalue weighted by Crippen LogP contribution is 2.29. The molecule has 0 atom stereocenters. The summed E-state index contributed by atoms with van der Waals surface area (Å²) >= 11 is 0. The molecule has 2 heterocycles. The summed E-state index contributed by atoms with van der Waals surface area (Å²) in [6.07, 6.45) is 1.84. The average molecular weight is 310 g/mol. The number of fused-ring (bicyclic) bond motifs is 1. The Balaban J connectivity index is 2.19. The molecule has 0 aliphatic heterocycles. The van der Waals surface area contributed by atoms with E-state index in [1.807, 2.05) is 28.8 Å². The molecule has 23 heavy (non-hydrogen) atoms. The molecule has 6 nitrogen and oxygen atoms in total. The van der Waals surface area contributed by atoms with E-state index >= 15 is 0 Å². The predicted octanol–water partition coefficient (Wildman–Crippen LogP) is 3.69. The van der Waals surface area contributed by atoms with Crippen LogP contribution in [0.15, 0.2) is 54.7 Å². The van der Waals surface area contributed by atoms with Crippen LogP contribution in [0.4, 0.5) is 5.69 Å². The number of carbonyl (C=O) groups excluding carboxylic acids is 1. The Morgan fingerprint density at radius 1 is 1.22 bits per heavy atom. The molecule has 0 spiro atoms. The molecule has 0 aliphatic carbocycles. The van der Waals surface area contributed by atoms with Crippen molar-refractivity contribution in [2.75, 3.05) is 6.61 Å². The molecule has 0 radical (unpaired) electrons. The van der Waals surface area contributed by atoms with Crippen LogP contribution in [0.3, 0.4) is 0 Å². The van der Waals surface area contributed by atoms with Crippen LogP contribution in [0.1, 0.15) is 17.3 Å². The zero-order chi connectivity index (χ0) is 16.4. The zero-order valence-electron chi connectivity index (χ0n) is 12.4. The van der Waals surface area contributed by atoms with Gasteiger partial charge in [0.15, 0.2) is 0 Å². The number of non-ortho nitro benzene ring substituents is 1. The third-order valence-corrected chi connectivity index (χ3v) is 3.53. The van der Waals surface area contributed by atoms with E-state index in [0.717, 1.165) is 5.52 Å². The molecular weight excluding hydrogens is 296 g/mol. The molecule has 0 N–H and O–H groups in total. The Labute approximate surface area is 132 Å². The molecule has 1 aromatic carbocycles. The van der Waals surface area contributed by atoms with Gasteiger partial charge in [0.05, 0.1) is 22.8 Å². The molecule has 0 bridgehead atoms. The Hall–Kier alpha value is -3.15. The van der Waals surface area contributed by atoms with Crippen molar-refractivity contribution >= 4 is 17.2 Å². The number of pyridine rings is 1. The zero-order valence-corrected chi connectivity index (χ0v) is 12.4. The van der Waals surface area contributed by atoms with Gasteiger partial charge >= 0.3 is 5.97 Å². The summed E-state index contributed by atoms with van der Waals surface area (Å²) in [4.78, 5) is 22.6. The number of esters is 1. The van der Waals surface area contributed by atoms with Crippen molar-refractivity contribution in [2.45, 2.75) is 6.92 Å². The van der Waals surface area contributed by atoms with Crippen molar-refractivity contribution < 1.29 is 14.5 Å². The van der Waals surface area contributed by atoms with Crippen LogP contribution in [0, 0.1) is 10.1 Å². The number of ether oxygens (including phenoxy) is 1. The number of nitrogens with zero attached hydrogens (tertiary/aromatic N) is 2. The number of carbonyl (C=O) groups is 1. The first-order chi connectivity index (χ1) is 11.1. The van der Waals surface area contributed by atoms with E-state index in [1.165, 1.54) is 12.1 Å². The Kier molecular flexibility index (Phi) is 3.80. The van der Waals surface area contributed by atoms with Gasteiger partial charge < -0.3 is 9.14 Å². The van der Waals surface area contributed by atoms with Crippen LogP contribution in [0.5, 0.6) is 0 Å². The lowest BCUT2D eigenvalue weighted by Crippen LogP contribution is -2.05. The lowest BCUT2D eigenvalue weighted by Gasteiger charge is -2.07. The van der Waals surface area contributed by atoms with E-state index in [4.69, 9.17) is 4.74 Å². The molecule has 6 heteroatoms. The number of rotatable bonds is 4. The van der Waals surface area contributed by atoms with Crippen LogP contribution in [-0.4, -0.2) is 21.9 Å². The molecule has 0 aliphatic rings. The summed E-state index contributed by atoms with van der Waals surface area (Å²) in [6.45, 7) is 2.03. The van der Waals surface area contributed by atoms with Crippen LogP contribution in [0.2, 0.25) is 0 Å². The second kappa shape index (κ2) is 5.92. The summed E-state index contributed by atoms with van der Waals surface area (Å²) in [5, 5.41) is 10.8. The van der Waals surface area contributed by atoms with Crippen LogP contribution in [-0.2, 0) is 4.74 Å². The molecule has 0 saturated heterocycles. The van der Waals surface area contributed by atoms with Gasteiger partial charge in [0, 0.05) is 23.8 Å². The summed E-state index contributed by atoms with van der Waals surface area (Å²) in [6, 6.07) is 13.5. The smallest absolute Gasteiger partial charge is 0.340 e. The Morgan fingerprint density at radius 3 is 2.61 bits per heavy atom. The van der Waals surface area contributed by atoms with Gasteiger partial charge in [-0.1, -0.05) is 6.07 Å². The molecule has 0 fully saturated rings. The first-order valence-corrected chi connectivity index (χ1v) is 7.14. The predicted molar refractivity (Wildman–Crippen MR) is 85.4 cm³/mol. The molecule has 0 unspecified atom stereocenters. The average Bonchev–Trinajstić information content (AvgIpc) is 2.94. The van der Waals surface area contributed by atoms with Gasteiger partial charge in [-0.3, -0.25) is 10.1 Å². The fraction of sp³-hybridized carbons (Fsp3) is 0.118. The van der Waals surface area contributed by atoms with E-state index in [-0.39, 0.29) is 12.3 Å². The number of hydrogen-bond acceptors (Lipinski definition) is 4. The van der Waals surface area contributed by atoms with Crippen LogP contribution < -0.4 is 0 Å². The summed E-state index contributed by atoms with van der Waals surface area (Å²) in [5.41, 5.74) is 2.67. The van der Waals surface area contributed by atoms with E-state index in [2.05, 4.69) is 0 Å². The highest BCUT2D eigenvalue weighted by molar-refractivity contribution is 5.99. The highest BCUT2D eigenvalue weighted by atomic mass is 16.6. The van der Waals surface area contributed by atoms with Crippen molar-refractivity contribution in [1.82, 2.24) is 4.40 Å². The van der Waals surface area contributed by atoms with Crippen molar-refractivity contribution in [3.8, 4) is 11.3 Å². The van der Waals surface area contributed by atoms with Gasteiger partial charge in [0.2, 0.25) is 0 Å². The minimum Gasteiger partial charge on any atom is -0.462 e. The van der Waals surface area contributed by atoms with Crippen molar-refractivity contribution in [1.29, 1.82) is 0 Å². The number of nitro groups is 1. The summed E-state index contributed by atoms with van der Waals surface area (Å²) in [7, 11) is 0. The minimum absolute atomic E-state index is 0.00676. The molecule has 0 amide bonds. The fourth-order valence-corrected chi connectivity index (χ4v) is 2.52. The quantitative estimate of drug-likeness (QED) is 0.418. The van der Waals surface area contributed by atoms with Crippen LogP contribution >= 0.6 is 0 Å². The maximum Gasteiger partial charge on any atom is 0.340 e. The molecular formula is C17H14N2O4. The summed E-state index contributed by atoms with van der Waals surface area (Å²) in [5.74, 6) is -0.412.